The largest absolute Gasteiger partial charge is 0.317 e. The van der Waals surface area contributed by atoms with Crippen molar-refractivity contribution in [2.45, 2.75) is 19.3 Å². The van der Waals surface area contributed by atoms with Crippen LogP contribution in [0.1, 0.15) is 20.7 Å². The van der Waals surface area contributed by atoms with Crippen LogP contribution in [0, 0.1) is 0 Å². The van der Waals surface area contributed by atoms with Gasteiger partial charge in [0.1, 0.15) is 0 Å². The molecule has 1 saturated heterocycles. The molecule has 8 heavy (non-hydrogen) atoms. The Labute approximate surface area is 53.3 Å². The van der Waals surface area contributed by atoms with Gasteiger partial charge in [-0.15, -0.1) is 13.2 Å². The molecule has 1 heteroatoms. The van der Waals surface area contributed by atoms with Crippen LogP contribution in [0.2, 0.25) is 0 Å². The van der Waals surface area contributed by atoms with Gasteiger partial charge >= 0.3 is 0 Å². The molecule has 1 heterocycles. The summed E-state index contributed by atoms with van der Waals surface area (Å²) < 4.78 is 0. The Morgan fingerprint density at radius 3 is 1.62 bits per heavy atom. The summed E-state index contributed by atoms with van der Waals surface area (Å²) in [4.78, 5) is 0. The van der Waals surface area contributed by atoms with Crippen molar-refractivity contribution in [2.75, 3.05) is 13.1 Å². The quantitative estimate of drug-likeness (QED) is 0.475. The van der Waals surface area contributed by atoms with Gasteiger partial charge in [-0.2, -0.15) is 0 Å². The van der Waals surface area contributed by atoms with Crippen LogP contribution < -0.4 is 5.32 Å². The third-order valence-electron chi connectivity index (χ3n) is 1.21. The standard InChI is InChI=1S/C5H11N.C2H4.H2/c1-2-4-6-5-3-1;1-2;/h6H,1-5H2;1-2H2;1H. The van der Waals surface area contributed by atoms with E-state index >= 15 is 0 Å². The highest BCUT2D eigenvalue weighted by molar-refractivity contribution is 4.55. The molecule has 1 rings (SSSR count). The van der Waals surface area contributed by atoms with Crippen LogP contribution in [0.4, 0.5) is 0 Å². The number of rotatable bonds is 0. The highest BCUT2D eigenvalue weighted by atomic mass is 14.9. The molecule has 0 aromatic rings. The van der Waals surface area contributed by atoms with Crippen molar-refractivity contribution in [3.05, 3.63) is 13.2 Å². The van der Waals surface area contributed by atoms with Gasteiger partial charge in [0.05, 0.1) is 0 Å². The topological polar surface area (TPSA) is 12.0 Å². The summed E-state index contributed by atoms with van der Waals surface area (Å²) in [5.41, 5.74) is 0. The SMILES string of the molecule is C1CCNCC1.C=C.[HH]. The van der Waals surface area contributed by atoms with E-state index in [1.165, 1.54) is 32.4 Å². The van der Waals surface area contributed by atoms with Crippen molar-refractivity contribution >= 4 is 0 Å². The molecule has 50 valence electrons. The van der Waals surface area contributed by atoms with Crippen LogP contribution in [-0.4, -0.2) is 13.1 Å². The van der Waals surface area contributed by atoms with E-state index in [4.69, 9.17) is 0 Å². The van der Waals surface area contributed by atoms with Crippen LogP contribution in [0.25, 0.3) is 0 Å². The molecule has 0 spiro atoms. The summed E-state index contributed by atoms with van der Waals surface area (Å²) in [7, 11) is 0. The number of piperidine rings is 1. The molecule has 0 aromatic heterocycles. The summed E-state index contributed by atoms with van der Waals surface area (Å²) in [6.45, 7) is 8.50. The predicted molar refractivity (Wildman–Crippen MR) is 40.1 cm³/mol. The normalized spacial score (nSPS) is 18.5. The maximum atomic E-state index is 3.28. The second-order valence-electron chi connectivity index (χ2n) is 1.81. The van der Waals surface area contributed by atoms with Gasteiger partial charge in [-0.3, -0.25) is 0 Å². The van der Waals surface area contributed by atoms with Gasteiger partial charge in [0, 0.05) is 1.43 Å². The maximum Gasteiger partial charge on any atom is 0 e. The lowest BCUT2D eigenvalue weighted by Crippen LogP contribution is -2.21. The first-order chi connectivity index (χ1) is 4.00. The van der Waals surface area contributed by atoms with Crippen LogP contribution >= 0.6 is 0 Å². The third kappa shape index (κ3) is 3.88. The Morgan fingerprint density at radius 2 is 1.50 bits per heavy atom. The first-order valence-electron chi connectivity index (χ1n) is 3.21. The summed E-state index contributed by atoms with van der Waals surface area (Å²) in [6.07, 6.45) is 4.22. The predicted octanol–water partition coefficient (Wildman–Crippen LogP) is 1.81. The molecule has 0 amide bonds. The van der Waals surface area contributed by atoms with E-state index in [0.29, 0.717) is 0 Å². The van der Waals surface area contributed by atoms with Crippen LogP contribution in [-0.2, 0) is 0 Å². The minimum atomic E-state index is 0. The van der Waals surface area contributed by atoms with Crippen molar-refractivity contribution < 1.29 is 1.43 Å². The molecule has 0 bridgehead atoms. The molecular weight excluding hydrogens is 98.1 g/mol. The maximum absolute atomic E-state index is 3.28. The fourth-order valence-corrected chi connectivity index (χ4v) is 0.802. The molecule has 0 unspecified atom stereocenters. The van der Waals surface area contributed by atoms with Gasteiger partial charge < -0.3 is 5.32 Å². The zero-order valence-corrected chi connectivity index (χ0v) is 5.45. The average molecular weight is 115 g/mol. The van der Waals surface area contributed by atoms with Crippen LogP contribution in [0.15, 0.2) is 13.2 Å². The van der Waals surface area contributed by atoms with Crippen molar-refractivity contribution in [3.8, 4) is 0 Å². The van der Waals surface area contributed by atoms with E-state index in [-0.39, 0.29) is 1.43 Å². The monoisotopic (exact) mass is 115 g/mol. The van der Waals surface area contributed by atoms with Gasteiger partial charge in [0.25, 0.3) is 0 Å². The first kappa shape index (κ1) is 7.70. The number of nitrogens with one attached hydrogen (secondary N) is 1. The summed E-state index contributed by atoms with van der Waals surface area (Å²) in [5, 5.41) is 3.28. The highest BCUT2D eigenvalue weighted by Crippen LogP contribution is 1.96. The Kier molecular flexibility index (Phi) is 6.45. The lowest BCUT2D eigenvalue weighted by molar-refractivity contribution is 0.520. The third-order valence-corrected chi connectivity index (χ3v) is 1.21. The van der Waals surface area contributed by atoms with Gasteiger partial charge in [-0.25, -0.2) is 0 Å². The van der Waals surface area contributed by atoms with E-state index < -0.39 is 0 Å². The Balaban J connectivity index is 0. The van der Waals surface area contributed by atoms with E-state index in [0.717, 1.165) is 0 Å². The molecule has 1 fully saturated rings. The van der Waals surface area contributed by atoms with Crippen molar-refractivity contribution in [1.82, 2.24) is 5.32 Å². The van der Waals surface area contributed by atoms with Crippen molar-refractivity contribution in [2.24, 2.45) is 0 Å². The number of hydrogen-bond acceptors (Lipinski definition) is 1. The lowest BCUT2D eigenvalue weighted by atomic mass is 10.2. The van der Waals surface area contributed by atoms with Gasteiger partial charge in [-0.05, 0) is 25.9 Å². The molecule has 1 nitrogen and oxygen atoms in total. The molecule has 0 radical (unpaired) electrons. The van der Waals surface area contributed by atoms with E-state index in [9.17, 15) is 0 Å². The Bertz CT molecular complexity index is 32.7. The Morgan fingerprint density at radius 1 is 1.00 bits per heavy atom. The summed E-state index contributed by atoms with van der Waals surface area (Å²) >= 11 is 0. The van der Waals surface area contributed by atoms with Gasteiger partial charge in [-0.1, -0.05) is 6.42 Å². The zero-order chi connectivity index (χ0) is 6.24. The fraction of sp³-hybridized carbons (Fsp3) is 0.714. The van der Waals surface area contributed by atoms with Crippen LogP contribution in [0.5, 0.6) is 0 Å². The van der Waals surface area contributed by atoms with Crippen molar-refractivity contribution in [1.29, 1.82) is 0 Å². The zero-order valence-electron chi connectivity index (χ0n) is 5.45. The van der Waals surface area contributed by atoms with Crippen molar-refractivity contribution in [3.63, 3.8) is 0 Å². The molecule has 0 atom stereocenters. The second-order valence-corrected chi connectivity index (χ2v) is 1.81. The minimum absolute atomic E-state index is 0. The summed E-state index contributed by atoms with van der Waals surface area (Å²) in [5.74, 6) is 0. The second kappa shape index (κ2) is 6.70. The van der Waals surface area contributed by atoms with E-state index in [2.05, 4.69) is 18.5 Å². The van der Waals surface area contributed by atoms with Crippen LogP contribution in [0.3, 0.4) is 0 Å². The summed E-state index contributed by atoms with van der Waals surface area (Å²) in [6, 6.07) is 0. The molecule has 1 aliphatic rings. The molecule has 0 aliphatic carbocycles. The molecule has 1 N–H and O–H groups in total. The highest BCUT2D eigenvalue weighted by Gasteiger charge is 1.93. The smallest absolute Gasteiger partial charge is 0 e. The Hall–Kier alpha value is -0.300. The van der Waals surface area contributed by atoms with Gasteiger partial charge in [0.15, 0.2) is 0 Å². The average Bonchev–Trinajstić information content (AvgIpc) is 1.96. The van der Waals surface area contributed by atoms with E-state index in [1.54, 1.807) is 0 Å². The molecule has 0 aromatic carbocycles. The molecule has 1 aliphatic heterocycles. The first-order valence-corrected chi connectivity index (χ1v) is 3.21. The lowest BCUT2D eigenvalue weighted by Gasteiger charge is -2.08. The van der Waals surface area contributed by atoms with Gasteiger partial charge in [0.2, 0.25) is 0 Å². The minimum Gasteiger partial charge on any atom is -0.317 e. The van der Waals surface area contributed by atoms with E-state index in [1.807, 2.05) is 0 Å². The number of hydrogen-bond donors (Lipinski definition) is 1. The molecule has 0 saturated carbocycles. The molecular formula is C7H17N. The fourth-order valence-electron chi connectivity index (χ4n) is 0.802.